The summed E-state index contributed by atoms with van der Waals surface area (Å²) < 4.78 is 13.2. The molecule has 10 nitrogen and oxygen atoms in total. The van der Waals surface area contributed by atoms with Crippen LogP contribution in [0.25, 0.3) is 11.2 Å². The van der Waals surface area contributed by atoms with Crippen molar-refractivity contribution in [1.82, 2.24) is 24.8 Å². The number of aliphatic hydroxyl groups is 1. The summed E-state index contributed by atoms with van der Waals surface area (Å²) in [6, 6.07) is 7.42. The average molecular weight is 465 g/mol. The van der Waals surface area contributed by atoms with Crippen LogP contribution in [0, 0.1) is 0 Å². The number of nitrogens with zero attached hydrogens (tertiary/aromatic N) is 4. The van der Waals surface area contributed by atoms with Crippen molar-refractivity contribution in [3.8, 4) is 0 Å². The smallest absolute Gasteiger partial charge is 0.257 e. The highest BCUT2D eigenvalue weighted by Crippen LogP contribution is 2.46. The number of carbonyl (C=O) groups is 1. The van der Waals surface area contributed by atoms with Gasteiger partial charge in [0.25, 0.3) is 5.91 Å². The quantitative estimate of drug-likeness (QED) is 0.485. The zero-order valence-electron chi connectivity index (χ0n) is 16.2. The molecule has 1 amide bonds. The highest BCUT2D eigenvalue weighted by molar-refractivity contribution is 6.30. The minimum Gasteiger partial charge on any atom is -0.387 e. The van der Waals surface area contributed by atoms with Gasteiger partial charge in [0.05, 0.1) is 12.9 Å². The Hall–Kier alpha value is -2.50. The average Bonchev–Trinajstić information content (AvgIpc) is 3.41. The van der Waals surface area contributed by atoms with E-state index in [9.17, 15) is 9.90 Å². The topological polar surface area (TPSA) is 123 Å². The van der Waals surface area contributed by atoms with Gasteiger partial charge >= 0.3 is 0 Å². The first-order chi connectivity index (χ1) is 14.9. The lowest BCUT2D eigenvalue weighted by Gasteiger charge is -2.29. The molecule has 2 saturated heterocycles. The Kier molecular flexibility index (Phi) is 4.98. The molecule has 0 radical (unpaired) electrons. The summed E-state index contributed by atoms with van der Waals surface area (Å²) in [5, 5.41) is 17.0. The lowest BCUT2D eigenvalue weighted by Crippen LogP contribution is -2.53. The van der Waals surface area contributed by atoms with Crippen molar-refractivity contribution < 1.29 is 19.4 Å². The molecule has 2 aliphatic heterocycles. The number of carbonyl (C=O) groups excluding carboxylic acids is 1. The van der Waals surface area contributed by atoms with Crippen molar-refractivity contribution in [3.05, 3.63) is 46.5 Å². The number of aliphatic hydroxyl groups excluding tert-OH is 1. The van der Waals surface area contributed by atoms with Crippen molar-refractivity contribution in [1.29, 1.82) is 0 Å². The molecule has 2 fully saturated rings. The molecule has 162 valence electrons. The van der Waals surface area contributed by atoms with Crippen molar-refractivity contribution >= 4 is 46.1 Å². The standard InChI is InChI=1S/C19H18Cl2N6O4/c1-22-17(29)19-7-30-12(13(19)28)16(31-19)27-8-24-11-14(25-18(21)26-15(11)27)23-6-9-3-2-4-10(20)5-9/h2-5,8,12-13,16,28H,6-7H2,1H3,(H,22,29)(H,23,25,26)/t12-,13?,16+,19-/m0/s1. The Morgan fingerprint density at radius 3 is 3.00 bits per heavy atom. The van der Waals surface area contributed by atoms with Crippen molar-refractivity contribution in [2.45, 2.75) is 30.6 Å². The molecule has 3 N–H and O–H groups in total. The third kappa shape index (κ3) is 3.22. The first kappa shape index (κ1) is 20.4. The Morgan fingerprint density at radius 1 is 1.39 bits per heavy atom. The van der Waals surface area contributed by atoms with E-state index in [0.717, 1.165) is 5.56 Å². The first-order valence-electron chi connectivity index (χ1n) is 9.51. The lowest BCUT2D eigenvalue weighted by molar-refractivity contribution is -0.184. The summed E-state index contributed by atoms with van der Waals surface area (Å²) in [5.74, 6) is -0.0229. The number of hydrogen-bond acceptors (Lipinski definition) is 8. The maximum atomic E-state index is 12.4. The molecule has 3 aromatic rings. The number of benzene rings is 1. The summed E-state index contributed by atoms with van der Waals surface area (Å²) in [6.45, 7) is 0.407. The minimum atomic E-state index is -1.48. The fraction of sp³-hybridized carbons (Fsp3) is 0.368. The van der Waals surface area contributed by atoms with Gasteiger partial charge in [-0.1, -0.05) is 23.7 Å². The second-order valence-electron chi connectivity index (χ2n) is 7.35. The Bertz CT molecular complexity index is 1170. The van der Waals surface area contributed by atoms with Crippen LogP contribution in [-0.4, -0.2) is 62.0 Å². The normalized spacial score (nSPS) is 27.0. The van der Waals surface area contributed by atoms with Crippen LogP contribution < -0.4 is 10.6 Å². The van der Waals surface area contributed by atoms with Gasteiger partial charge in [-0.3, -0.25) is 9.36 Å². The lowest BCUT2D eigenvalue weighted by atomic mass is 9.98. The molecular formula is C19H18Cl2N6O4. The van der Waals surface area contributed by atoms with Gasteiger partial charge in [0.15, 0.2) is 23.2 Å². The number of likely N-dealkylation sites (N-methyl/N-ethyl adjacent to an activating group) is 1. The van der Waals surface area contributed by atoms with E-state index in [1.807, 2.05) is 18.2 Å². The second-order valence-corrected chi connectivity index (χ2v) is 8.12. The van der Waals surface area contributed by atoms with Crippen molar-refractivity contribution in [2.75, 3.05) is 19.0 Å². The van der Waals surface area contributed by atoms with E-state index in [1.54, 1.807) is 10.6 Å². The number of nitrogens with one attached hydrogen (secondary N) is 2. The number of aromatic nitrogens is 4. The zero-order valence-corrected chi connectivity index (χ0v) is 17.8. The fourth-order valence-electron chi connectivity index (χ4n) is 4.00. The summed E-state index contributed by atoms with van der Waals surface area (Å²) in [4.78, 5) is 25.3. The molecule has 0 spiro atoms. The molecule has 2 aromatic heterocycles. The van der Waals surface area contributed by atoms with Gasteiger partial charge in [0.2, 0.25) is 10.9 Å². The van der Waals surface area contributed by atoms with Gasteiger partial charge in [-0.15, -0.1) is 0 Å². The molecule has 4 atom stereocenters. The molecule has 5 rings (SSSR count). The van der Waals surface area contributed by atoms with E-state index in [1.165, 1.54) is 13.4 Å². The zero-order chi connectivity index (χ0) is 21.8. The monoisotopic (exact) mass is 464 g/mol. The van der Waals surface area contributed by atoms with Gasteiger partial charge in [0.1, 0.15) is 12.2 Å². The molecule has 31 heavy (non-hydrogen) atoms. The molecule has 2 aliphatic rings. The molecule has 0 saturated carbocycles. The number of halogens is 2. The molecule has 1 unspecified atom stereocenters. The highest BCUT2D eigenvalue weighted by atomic mass is 35.5. The summed E-state index contributed by atoms with van der Waals surface area (Å²) >= 11 is 12.2. The van der Waals surface area contributed by atoms with Crippen LogP contribution >= 0.6 is 23.2 Å². The number of fused-ring (bicyclic) bond motifs is 3. The van der Waals surface area contributed by atoms with Crippen LogP contribution in [0.2, 0.25) is 10.3 Å². The Morgan fingerprint density at radius 2 is 2.23 bits per heavy atom. The largest absolute Gasteiger partial charge is 0.387 e. The van der Waals surface area contributed by atoms with Crippen LogP contribution in [0.4, 0.5) is 5.82 Å². The second kappa shape index (κ2) is 7.57. The number of ether oxygens (including phenoxy) is 2. The maximum absolute atomic E-state index is 12.4. The fourth-order valence-corrected chi connectivity index (χ4v) is 4.38. The van der Waals surface area contributed by atoms with Gasteiger partial charge < -0.3 is 25.2 Å². The molecule has 2 bridgehead atoms. The molecule has 1 aromatic carbocycles. The van der Waals surface area contributed by atoms with Crippen molar-refractivity contribution in [2.24, 2.45) is 0 Å². The molecule has 0 aliphatic carbocycles. The van der Waals surface area contributed by atoms with E-state index >= 15 is 0 Å². The summed E-state index contributed by atoms with van der Waals surface area (Å²) in [6.07, 6.45) is -1.20. The van der Waals surface area contributed by atoms with Gasteiger partial charge in [-0.2, -0.15) is 9.97 Å². The highest BCUT2D eigenvalue weighted by Gasteiger charge is 2.65. The van der Waals surface area contributed by atoms with Gasteiger partial charge in [-0.25, -0.2) is 4.98 Å². The Balaban J connectivity index is 1.47. The summed E-state index contributed by atoms with van der Waals surface area (Å²) in [7, 11) is 1.48. The molecule has 4 heterocycles. The third-order valence-corrected chi connectivity index (χ3v) is 5.92. The number of anilines is 1. The number of imidazole rings is 1. The van der Waals surface area contributed by atoms with Crippen LogP contribution in [0.15, 0.2) is 30.6 Å². The van der Waals surface area contributed by atoms with E-state index in [0.29, 0.717) is 28.5 Å². The predicted octanol–water partition coefficient (Wildman–Crippen LogP) is 1.52. The minimum absolute atomic E-state index is 0.00785. The van der Waals surface area contributed by atoms with Crippen LogP contribution in [0.5, 0.6) is 0 Å². The predicted molar refractivity (Wildman–Crippen MR) is 112 cm³/mol. The van der Waals surface area contributed by atoms with Crippen molar-refractivity contribution in [3.63, 3.8) is 0 Å². The molecular weight excluding hydrogens is 447 g/mol. The van der Waals surface area contributed by atoms with Crippen LogP contribution in [-0.2, 0) is 20.8 Å². The maximum Gasteiger partial charge on any atom is 0.257 e. The van der Waals surface area contributed by atoms with Gasteiger partial charge in [-0.05, 0) is 29.3 Å². The van der Waals surface area contributed by atoms with E-state index < -0.39 is 29.9 Å². The summed E-state index contributed by atoms with van der Waals surface area (Å²) in [5.41, 5.74) is 0.316. The van der Waals surface area contributed by atoms with Crippen LogP contribution in [0.3, 0.4) is 0 Å². The first-order valence-corrected chi connectivity index (χ1v) is 10.3. The van der Waals surface area contributed by atoms with E-state index in [-0.39, 0.29) is 11.9 Å². The van der Waals surface area contributed by atoms with Gasteiger partial charge in [0, 0.05) is 18.6 Å². The molecule has 12 heteroatoms. The number of rotatable bonds is 5. The number of amides is 1. The number of hydrogen-bond donors (Lipinski definition) is 3. The van der Waals surface area contributed by atoms with E-state index in [2.05, 4.69) is 25.6 Å². The van der Waals surface area contributed by atoms with E-state index in [4.69, 9.17) is 32.7 Å². The third-order valence-electron chi connectivity index (χ3n) is 5.52. The van der Waals surface area contributed by atoms with Crippen LogP contribution in [0.1, 0.15) is 11.8 Å². The Labute approximate surface area is 186 Å². The SMILES string of the molecule is CNC(=O)[C@]12CO[C@@H](C1O)[C@H](n1cnc3c(NCc4cccc(Cl)c4)nc(Cl)nc31)O2.